The van der Waals surface area contributed by atoms with Gasteiger partial charge in [0, 0.05) is 0 Å². The average molecular weight is 216 g/mol. The Balaban J connectivity index is 2.34. The molecule has 0 aromatic carbocycles. The van der Waals surface area contributed by atoms with Crippen LogP contribution in [-0.2, 0) is 0 Å². The van der Waals surface area contributed by atoms with E-state index in [1.54, 1.807) is 0 Å². The van der Waals surface area contributed by atoms with Gasteiger partial charge in [-0.15, -0.1) is 0 Å². The molecule has 0 aliphatic heterocycles. The molecule has 0 atom stereocenters. The second-order valence-corrected chi connectivity index (χ2v) is 5.12. The van der Waals surface area contributed by atoms with Crippen LogP contribution in [0.15, 0.2) is 0 Å². The first-order valence-electron chi connectivity index (χ1n) is 1.89. The van der Waals surface area contributed by atoms with Crippen LogP contribution in [0.4, 0.5) is 0 Å². The van der Waals surface area contributed by atoms with E-state index in [1.165, 1.54) is 10.6 Å². The molecule has 0 aliphatic rings. The number of rotatable bonds is 3. The maximum atomic E-state index is 2.30. The quantitative estimate of drug-likeness (QED) is 0.493. The molecule has 0 bridgehead atoms. The van der Waals surface area contributed by atoms with E-state index < -0.39 is 0 Å². The standard InChI is InChI=1S/C4H10Se2/c1-5-3-4-6-2/h3-4H2,1-2H3. The Labute approximate surface area is 52.4 Å². The molecule has 6 heavy (non-hydrogen) atoms. The number of hydrogen-bond acceptors (Lipinski definition) is 0. The van der Waals surface area contributed by atoms with Gasteiger partial charge >= 0.3 is 52.2 Å². The molecule has 2 heteroatoms. The van der Waals surface area contributed by atoms with Crippen LogP contribution in [0.25, 0.3) is 0 Å². The molecule has 0 spiro atoms. The van der Waals surface area contributed by atoms with Gasteiger partial charge in [0.05, 0.1) is 0 Å². The van der Waals surface area contributed by atoms with Crippen LogP contribution in [0.2, 0.25) is 22.3 Å². The molecule has 0 aromatic heterocycles. The van der Waals surface area contributed by atoms with Gasteiger partial charge in [0.2, 0.25) is 0 Å². The predicted octanol–water partition coefficient (Wildman–Crippen LogP) is 1.33. The zero-order valence-electron chi connectivity index (χ0n) is 4.23. The van der Waals surface area contributed by atoms with Gasteiger partial charge in [-0.05, 0) is 0 Å². The van der Waals surface area contributed by atoms with Crippen molar-refractivity contribution >= 4 is 29.9 Å². The summed E-state index contributed by atoms with van der Waals surface area (Å²) in [5.41, 5.74) is 0. The Kier molecular flexibility index (Phi) is 7.08. The molecule has 0 aromatic rings. The van der Waals surface area contributed by atoms with Gasteiger partial charge in [0.25, 0.3) is 0 Å². The van der Waals surface area contributed by atoms with Gasteiger partial charge in [0.1, 0.15) is 0 Å². The Morgan fingerprint density at radius 1 is 1.00 bits per heavy atom. The van der Waals surface area contributed by atoms with Crippen LogP contribution in [0.1, 0.15) is 0 Å². The van der Waals surface area contributed by atoms with Gasteiger partial charge in [0.15, 0.2) is 0 Å². The van der Waals surface area contributed by atoms with Crippen LogP contribution in [0, 0.1) is 0 Å². The summed E-state index contributed by atoms with van der Waals surface area (Å²) in [6.07, 6.45) is 0. The van der Waals surface area contributed by atoms with Gasteiger partial charge in [-0.3, -0.25) is 0 Å². The van der Waals surface area contributed by atoms with E-state index in [2.05, 4.69) is 11.6 Å². The summed E-state index contributed by atoms with van der Waals surface area (Å²) in [7, 11) is 0. The molecule has 0 fully saturated rings. The third-order valence-electron chi connectivity index (χ3n) is 0.492. The molecule has 0 rings (SSSR count). The summed E-state index contributed by atoms with van der Waals surface area (Å²) in [4.78, 5) is 0. The predicted molar refractivity (Wildman–Crippen MR) is 32.8 cm³/mol. The molecule has 0 saturated heterocycles. The molecular weight excluding hydrogens is 206 g/mol. The molecule has 0 saturated carbocycles. The minimum atomic E-state index is 0.942. The summed E-state index contributed by atoms with van der Waals surface area (Å²) in [6, 6.07) is 0. The van der Waals surface area contributed by atoms with E-state index >= 15 is 0 Å². The van der Waals surface area contributed by atoms with Crippen molar-refractivity contribution < 1.29 is 0 Å². The fourth-order valence-corrected chi connectivity index (χ4v) is 4.50. The van der Waals surface area contributed by atoms with Crippen molar-refractivity contribution in [3.8, 4) is 0 Å². The first-order valence-corrected chi connectivity index (χ1v) is 7.74. The second kappa shape index (κ2) is 6.04. The first kappa shape index (κ1) is 7.04. The molecule has 0 nitrogen and oxygen atoms in total. The second-order valence-electron chi connectivity index (χ2n) is 0.986. The van der Waals surface area contributed by atoms with Crippen LogP contribution in [0.5, 0.6) is 0 Å². The normalized spacial score (nSPS) is 9.00. The Bertz CT molecular complexity index is 17.5. The molecule has 0 amide bonds. The van der Waals surface area contributed by atoms with E-state index in [1.807, 2.05) is 0 Å². The van der Waals surface area contributed by atoms with Crippen LogP contribution >= 0.6 is 0 Å². The molecule has 0 N–H and O–H groups in total. The molecule has 38 valence electrons. The summed E-state index contributed by atoms with van der Waals surface area (Å²) in [6.45, 7) is 0. The Morgan fingerprint density at radius 2 is 1.33 bits per heavy atom. The minimum absolute atomic E-state index is 0.942. The zero-order valence-corrected chi connectivity index (χ0v) is 7.66. The van der Waals surface area contributed by atoms with Crippen LogP contribution in [-0.4, -0.2) is 29.9 Å². The summed E-state index contributed by atoms with van der Waals surface area (Å²) in [5, 5.41) is 3.01. The third kappa shape index (κ3) is 5.04. The van der Waals surface area contributed by atoms with Gasteiger partial charge in [-0.2, -0.15) is 0 Å². The van der Waals surface area contributed by atoms with E-state index in [0.717, 1.165) is 29.9 Å². The monoisotopic (exact) mass is 218 g/mol. The van der Waals surface area contributed by atoms with Gasteiger partial charge in [-0.1, -0.05) is 0 Å². The Hall–Kier alpha value is 1.04. The maximum absolute atomic E-state index is 2.30. The third-order valence-corrected chi connectivity index (χ3v) is 4.37. The van der Waals surface area contributed by atoms with Crippen molar-refractivity contribution in [3.63, 3.8) is 0 Å². The van der Waals surface area contributed by atoms with Crippen LogP contribution < -0.4 is 0 Å². The number of hydrogen-bond donors (Lipinski definition) is 0. The fourth-order valence-electron chi connectivity index (χ4n) is 0.167. The Morgan fingerprint density at radius 3 is 1.50 bits per heavy atom. The molecule has 0 aliphatic carbocycles. The van der Waals surface area contributed by atoms with Crippen molar-refractivity contribution in [1.82, 2.24) is 0 Å². The van der Waals surface area contributed by atoms with Crippen molar-refractivity contribution in [2.45, 2.75) is 22.3 Å². The van der Waals surface area contributed by atoms with Crippen molar-refractivity contribution in [2.24, 2.45) is 0 Å². The fraction of sp³-hybridized carbons (Fsp3) is 1.00. The summed E-state index contributed by atoms with van der Waals surface area (Å²) in [5.74, 6) is 4.61. The van der Waals surface area contributed by atoms with Gasteiger partial charge in [-0.25, -0.2) is 0 Å². The van der Waals surface area contributed by atoms with Crippen molar-refractivity contribution in [1.29, 1.82) is 0 Å². The SMILES string of the molecule is C[Se]CC[Se]C. The van der Waals surface area contributed by atoms with Crippen LogP contribution in [0.3, 0.4) is 0 Å². The van der Waals surface area contributed by atoms with E-state index in [4.69, 9.17) is 0 Å². The first-order chi connectivity index (χ1) is 2.91. The summed E-state index contributed by atoms with van der Waals surface area (Å²) >= 11 is 1.88. The topological polar surface area (TPSA) is 0 Å². The van der Waals surface area contributed by atoms with E-state index in [-0.39, 0.29) is 0 Å². The molecule has 0 unspecified atom stereocenters. The molecular formula is C4H10Se2. The summed E-state index contributed by atoms with van der Waals surface area (Å²) < 4.78 is 0. The average Bonchev–Trinajstić information content (AvgIpc) is 1.61. The van der Waals surface area contributed by atoms with Crippen molar-refractivity contribution in [3.05, 3.63) is 0 Å². The zero-order chi connectivity index (χ0) is 4.83. The van der Waals surface area contributed by atoms with Crippen molar-refractivity contribution in [2.75, 3.05) is 0 Å². The van der Waals surface area contributed by atoms with E-state index in [0.29, 0.717) is 0 Å². The van der Waals surface area contributed by atoms with E-state index in [9.17, 15) is 0 Å². The molecule has 0 radical (unpaired) electrons. The van der Waals surface area contributed by atoms with Gasteiger partial charge < -0.3 is 0 Å². The molecule has 0 heterocycles.